The number of hydrogen-bond donors (Lipinski definition) is 2. The second-order valence-corrected chi connectivity index (χ2v) is 6.26. The van der Waals surface area contributed by atoms with Crippen LogP contribution >= 0.6 is 11.8 Å². The van der Waals surface area contributed by atoms with Gasteiger partial charge in [-0.2, -0.15) is 0 Å². The lowest BCUT2D eigenvalue weighted by atomic mass is 10.1. The van der Waals surface area contributed by atoms with Crippen LogP contribution in [0.2, 0.25) is 0 Å². The van der Waals surface area contributed by atoms with Crippen LogP contribution in [0.5, 0.6) is 0 Å². The third-order valence-corrected chi connectivity index (χ3v) is 3.77. The maximum atomic E-state index is 7.87. The highest BCUT2D eigenvalue weighted by Gasteiger charge is 2.19. The Morgan fingerprint density at radius 2 is 1.95 bits per heavy atom. The van der Waals surface area contributed by atoms with Crippen molar-refractivity contribution in [1.29, 1.82) is 5.41 Å². The van der Waals surface area contributed by atoms with E-state index in [2.05, 4.69) is 38.7 Å². The number of nitrogens with two attached hydrogens (primary N) is 1. The van der Waals surface area contributed by atoms with Gasteiger partial charge in [-0.15, -0.1) is 11.8 Å². The Morgan fingerprint density at radius 3 is 2.37 bits per heavy atom. The lowest BCUT2D eigenvalue weighted by molar-refractivity contribution is 0.570. The van der Waals surface area contributed by atoms with Crippen LogP contribution in [-0.4, -0.2) is 24.7 Å². The highest BCUT2D eigenvalue weighted by Crippen LogP contribution is 2.31. The molecule has 0 heterocycles. The van der Waals surface area contributed by atoms with E-state index in [4.69, 9.17) is 11.1 Å². The fourth-order valence-corrected chi connectivity index (χ4v) is 2.81. The Morgan fingerprint density at radius 1 is 1.32 bits per heavy atom. The lowest BCUT2D eigenvalue weighted by Gasteiger charge is -2.33. The minimum atomic E-state index is 0.148. The molecule has 0 spiro atoms. The molecular formula is C15H25N3S. The Balaban J connectivity index is 3.33. The molecule has 0 aliphatic heterocycles. The number of rotatable bonds is 6. The molecule has 0 unspecified atom stereocenters. The molecule has 0 saturated heterocycles. The zero-order chi connectivity index (χ0) is 14.6. The van der Waals surface area contributed by atoms with Gasteiger partial charge in [0.15, 0.2) is 0 Å². The zero-order valence-electron chi connectivity index (χ0n) is 12.5. The Bertz CT molecular complexity index is 441. The maximum absolute atomic E-state index is 7.87. The van der Waals surface area contributed by atoms with Crippen LogP contribution in [0.3, 0.4) is 0 Å². The van der Waals surface area contributed by atoms with Crippen LogP contribution in [0.15, 0.2) is 23.1 Å². The van der Waals surface area contributed by atoms with Gasteiger partial charge in [0.25, 0.3) is 0 Å². The minimum Gasteiger partial charge on any atom is -0.384 e. The average molecular weight is 279 g/mol. The summed E-state index contributed by atoms with van der Waals surface area (Å²) in [4.78, 5) is 3.40. The Labute approximate surface area is 121 Å². The van der Waals surface area contributed by atoms with Crippen molar-refractivity contribution in [2.24, 2.45) is 11.7 Å². The summed E-state index contributed by atoms with van der Waals surface area (Å²) in [6.45, 7) is 9.74. The summed E-state index contributed by atoms with van der Waals surface area (Å²) in [6, 6.07) is 6.53. The van der Waals surface area contributed by atoms with Gasteiger partial charge >= 0.3 is 0 Å². The molecule has 4 heteroatoms. The predicted octanol–water partition coefficient (Wildman–Crippen LogP) is 3.56. The zero-order valence-corrected chi connectivity index (χ0v) is 13.3. The summed E-state index contributed by atoms with van der Waals surface area (Å²) in [5.41, 5.74) is 7.74. The van der Waals surface area contributed by atoms with Crippen molar-refractivity contribution in [2.45, 2.75) is 38.6 Å². The average Bonchev–Trinajstić information content (AvgIpc) is 2.34. The van der Waals surface area contributed by atoms with E-state index in [-0.39, 0.29) is 5.84 Å². The molecule has 3 N–H and O–H groups in total. The third kappa shape index (κ3) is 3.90. The Kier molecular flexibility index (Phi) is 5.73. The van der Waals surface area contributed by atoms with E-state index in [1.165, 1.54) is 0 Å². The molecule has 0 radical (unpaired) electrons. The number of nitrogens with one attached hydrogen (secondary N) is 1. The number of hydrogen-bond acceptors (Lipinski definition) is 3. The van der Waals surface area contributed by atoms with Gasteiger partial charge in [0.2, 0.25) is 0 Å². The molecule has 1 rings (SSSR count). The second kappa shape index (κ2) is 6.85. The van der Waals surface area contributed by atoms with E-state index >= 15 is 0 Å². The highest BCUT2D eigenvalue weighted by molar-refractivity contribution is 7.98. The topological polar surface area (TPSA) is 53.1 Å². The van der Waals surface area contributed by atoms with Crippen LogP contribution < -0.4 is 10.6 Å². The molecule has 106 valence electrons. The van der Waals surface area contributed by atoms with Crippen LogP contribution in [0.4, 0.5) is 5.69 Å². The summed E-state index contributed by atoms with van der Waals surface area (Å²) in [5.74, 6) is 0.717. The van der Waals surface area contributed by atoms with Crippen molar-refractivity contribution < 1.29 is 0 Å². The summed E-state index contributed by atoms with van der Waals surface area (Å²) < 4.78 is 0. The van der Waals surface area contributed by atoms with E-state index in [0.717, 1.165) is 22.7 Å². The number of anilines is 1. The summed E-state index contributed by atoms with van der Waals surface area (Å²) in [5, 5.41) is 7.87. The van der Waals surface area contributed by atoms with Crippen LogP contribution in [0.25, 0.3) is 0 Å². The molecule has 0 fully saturated rings. The molecule has 0 bridgehead atoms. The van der Waals surface area contributed by atoms with Crippen LogP contribution in [-0.2, 0) is 0 Å². The first-order valence-corrected chi connectivity index (χ1v) is 7.89. The number of nitrogens with zero attached hydrogens (tertiary/aromatic N) is 1. The van der Waals surface area contributed by atoms with E-state index in [9.17, 15) is 0 Å². The van der Waals surface area contributed by atoms with Gasteiger partial charge in [0.1, 0.15) is 5.84 Å². The smallest absolute Gasteiger partial charge is 0.126 e. The molecule has 0 atom stereocenters. The van der Waals surface area contributed by atoms with Gasteiger partial charge in [-0.3, -0.25) is 5.41 Å². The van der Waals surface area contributed by atoms with E-state index in [1.807, 2.05) is 18.4 Å². The molecule has 3 nitrogen and oxygen atoms in total. The first kappa shape index (κ1) is 15.9. The SMILES string of the molecule is CSc1cccc(N(CC(C)C)C(C)C)c1C(=N)N. The lowest BCUT2D eigenvalue weighted by Crippen LogP contribution is -2.36. The van der Waals surface area contributed by atoms with Crippen molar-refractivity contribution in [3.63, 3.8) is 0 Å². The molecule has 0 amide bonds. The van der Waals surface area contributed by atoms with Crippen molar-refractivity contribution in [1.82, 2.24) is 0 Å². The fraction of sp³-hybridized carbons (Fsp3) is 0.533. The normalized spacial score (nSPS) is 11.1. The third-order valence-electron chi connectivity index (χ3n) is 2.99. The summed E-state index contributed by atoms with van der Waals surface area (Å²) >= 11 is 1.64. The molecule has 0 aliphatic rings. The Hall–Kier alpha value is -1.16. The molecule has 0 aliphatic carbocycles. The first-order chi connectivity index (χ1) is 8.88. The highest BCUT2D eigenvalue weighted by atomic mass is 32.2. The van der Waals surface area contributed by atoms with Crippen LogP contribution in [0.1, 0.15) is 33.3 Å². The second-order valence-electron chi connectivity index (χ2n) is 5.41. The monoisotopic (exact) mass is 279 g/mol. The quantitative estimate of drug-likeness (QED) is 0.475. The standard InChI is InChI=1S/C15H25N3S/c1-10(2)9-18(11(3)4)12-7-6-8-13(19-5)14(12)15(16)17/h6-8,10-11H,9H2,1-5H3,(H3,16,17). The van der Waals surface area contributed by atoms with E-state index in [1.54, 1.807) is 11.8 Å². The van der Waals surface area contributed by atoms with Crippen molar-refractivity contribution in [3.05, 3.63) is 23.8 Å². The predicted molar refractivity (Wildman–Crippen MR) is 86.6 cm³/mol. The molecule has 1 aromatic rings. The molecule has 19 heavy (non-hydrogen) atoms. The van der Waals surface area contributed by atoms with Gasteiger partial charge in [-0.1, -0.05) is 19.9 Å². The van der Waals surface area contributed by atoms with E-state index < -0.39 is 0 Å². The summed E-state index contributed by atoms with van der Waals surface area (Å²) in [6.07, 6.45) is 2.02. The van der Waals surface area contributed by atoms with Crippen molar-refractivity contribution >= 4 is 23.3 Å². The van der Waals surface area contributed by atoms with Crippen molar-refractivity contribution in [2.75, 3.05) is 17.7 Å². The van der Waals surface area contributed by atoms with Gasteiger partial charge in [-0.05, 0) is 38.2 Å². The fourth-order valence-electron chi connectivity index (χ4n) is 2.18. The molecule has 1 aromatic carbocycles. The van der Waals surface area contributed by atoms with E-state index in [0.29, 0.717) is 12.0 Å². The number of benzene rings is 1. The molecular weight excluding hydrogens is 254 g/mol. The number of amidine groups is 1. The largest absolute Gasteiger partial charge is 0.384 e. The first-order valence-electron chi connectivity index (χ1n) is 6.66. The summed E-state index contributed by atoms with van der Waals surface area (Å²) in [7, 11) is 0. The molecule has 0 saturated carbocycles. The van der Waals surface area contributed by atoms with Gasteiger partial charge in [-0.25, -0.2) is 0 Å². The number of nitrogen functional groups attached to an aromatic ring is 1. The van der Waals surface area contributed by atoms with Gasteiger partial charge in [0.05, 0.1) is 5.56 Å². The minimum absolute atomic E-state index is 0.148. The van der Waals surface area contributed by atoms with Gasteiger partial charge < -0.3 is 10.6 Å². The molecule has 0 aromatic heterocycles. The maximum Gasteiger partial charge on any atom is 0.126 e. The van der Waals surface area contributed by atoms with Gasteiger partial charge in [0, 0.05) is 23.2 Å². The number of thioether (sulfide) groups is 1. The van der Waals surface area contributed by atoms with Crippen molar-refractivity contribution in [3.8, 4) is 0 Å². The van der Waals surface area contributed by atoms with Crippen LogP contribution in [0, 0.1) is 11.3 Å².